The Morgan fingerprint density at radius 3 is 2.50 bits per heavy atom. The number of carbonyl (C=O) groups excluding carboxylic acids is 1. The molecule has 0 saturated heterocycles. The minimum Gasteiger partial charge on any atom is -0.550 e. The second-order valence-corrected chi connectivity index (χ2v) is 2.89. The predicted molar refractivity (Wildman–Crippen MR) is 44.5 cm³/mol. The van der Waals surface area contributed by atoms with Gasteiger partial charge >= 0.3 is 0 Å². The summed E-state index contributed by atoms with van der Waals surface area (Å²) in [6, 6.07) is 9.57. The molecule has 0 fully saturated rings. The Labute approximate surface area is 71.8 Å². The van der Waals surface area contributed by atoms with Crippen molar-refractivity contribution in [1.82, 2.24) is 0 Å². The Kier molecular flexibility index (Phi) is 2.86. The van der Waals surface area contributed by atoms with Gasteiger partial charge in [-0.2, -0.15) is 0 Å². The number of aliphatic carboxylic acids is 1. The summed E-state index contributed by atoms with van der Waals surface area (Å²) < 4.78 is 0. The van der Waals surface area contributed by atoms with Gasteiger partial charge in [-0.3, -0.25) is 0 Å². The smallest absolute Gasteiger partial charge is 0.0420 e. The monoisotopic (exact) mass is 163 g/mol. The van der Waals surface area contributed by atoms with Crippen LogP contribution < -0.4 is 5.11 Å². The molecule has 0 bridgehead atoms. The number of carboxylic acid groups (broad SMARTS) is 1. The average Bonchev–Trinajstić information content (AvgIpc) is 2.05. The molecule has 1 rings (SSSR count). The molecule has 0 spiro atoms. The lowest BCUT2D eigenvalue weighted by atomic mass is 9.98. The maximum atomic E-state index is 10.3. The summed E-state index contributed by atoms with van der Waals surface area (Å²) >= 11 is 0. The largest absolute Gasteiger partial charge is 0.550 e. The number of carbonyl (C=O) groups is 1. The van der Waals surface area contributed by atoms with Crippen LogP contribution in [0.3, 0.4) is 0 Å². The quantitative estimate of drug-likeness (QED) is 0.665. The van der Waals surface area contributed by atoms with Gasteiger partial charge in [0.1, 0.15) is 0 Å². The molecule has 0 unspecified atom stereocenters. The van der Waals surface area contributed by atoms with Gasteiger partial charge in [0.15, 0.2) is 0 Å². The SMILES string of the molecule is C[C@H](CC(=O)[O-])c1ccccc1. The fourth-order valence-electron chi connectivity index (χ4n) is 1.15. The van der Waals surface area contributed by atoms with E-state index in [9.17, 15) is 9.90 Å². The highest BCUT2D eigenvalue weighted by molar-refractivity contribution is 5.65. The number of carboxylic acids is 1. The van der Waals surface area contributed by atoms with Gasteiger partial charge in [0, 0.05) is 5.97 Å². The maximum Gasteiger partial charge on any atom is 0.0420 e. The van der Waals surface area contributed by atoms with Crippen LogP contribution in [0, 0.1) is 0 Å². The fraction of sp³-hybridized carbons (Fsp3) is 0.300. The van der Waals surface area contributed by atoms with Crippen LogP contribution in [-0.2, 0) is 4.79 Å². The molecule has 0 amide bonds. The van der Waals surface area contributed by atoms with Crippen molar-refractivity contribution in [2.75, 3.05) is 0 Å². The lowest BCUT2D eigenvalue weighted by molar-refractivity contribution is -0.306. The van der Waals surface area contributed by atoms with Gasteiger partial charge in [0.25, 0.3) is 0 Å². The molecular weight excluding hydrogens is 152 g/mol. The van der Waals surface area contributed by atoms with Crippen LogP contribution in [0.4, 0.5) is 0 Å². The van der Waals surface area contributed by atoms with Gasteiger partial charge in [0.2, 0.25) is 0 Å². The molecule has 0 N–H and O–H groups in total. The summed E-state index contributed by atoms with van der Waals surface area (Å²) in [6.45, 7) is 1.88. The lowest BCUT2D eigenvalue weighted by Gasteiger charge is -2.11. The molecule has 0 saturated carbocycles. The van der Waals surface area contributed by atoms with Crippen LogP contribution >= 0.6 is 0 Å². The Hall–Kier alpha value is -1.31. The first-order valence-corrected chi connectivity index (χ1v) is 3.95. The highest BCUT2D eigenvalue weighted by Gasteiger charge is 2.03. The van der Waals surface area contributed by atoms with Crippen LogP contribution in [0.5, 0.6) is 0 Å². The molecule has 0 aliphatic heterocycles. The van der Waals surface area contributed by atoms with E-state index in [1.54, 1.807) is 0 Å². The molecule has 0 radical (unpaired) electrons. The number of benzene rings is 1. The Morgan fingerprint density at radius 2 is 2.00 bits per heavy atom. The van der Waals surface area contributed by atoms with Crippen molar-refractivity contribution in [1.29, 1.82) is 0 Å². The number of hydrogen-bond acceptors (Lipinski definition) is 2. The van der Waals surface area contributed by atoms with Crippen molar-refractivity contribution in [2.24, 2.45) is 0 Å². The molecule has 2 nitrogen and oxygen atoms in total. The molecule has 0 heterocycles. The molecule has 1 aromatic rings. The van der Waals surface area contributed by atoms with E-state index < -0.39 is 5.97 Å². The Morgan fingerprint density at radius 1 is 1.42 bits per heavy atom. The first-order valence-electron chi connectivity index (χ1n) is 3.95. The molecule has 0 aliphatic rings. The van der Waals surface area contributed by atoms with E-state index >= 15 is 0 Å². The molecule has 2 heteroatoms. The zero-order chi connectivity index (χ0) is 8.97. The minimum absolute atomic E-state index is 0.0381. The first-order chi connectivity index (χ1) is 5.70. The highest BCUT2D eigenvalue weighted by Crippen LogP contribution is 2.17. The van der Waals surface area contributed by atoms with E-state index in [2.05, 4.69) is 0 Å². The van der Waals surface area contributed by atoms with Crippen LogP contribution in [0.1, 0.15) is 24.8 Å². The maximum absolute atomic E-state index is 10.3. The van der Waals surface area contributed by atoms with Gasteiger partial charge in [-0.15, -0.1) is 0 Å². The third kappa shape index (κ3) is 2.38. The second-order valence-electron chi connectivity index (χ2n) is 2.89. The van der Waals surface area contributed by atoms with Crippen LogP contribution in [0.15, 0.2) is 30.3 Å². The zero-order valence-corrected chi connectivity index (χ0v) is 6.99. The topological polar surface area (TPSA) is 40.1 Å². The van der Waals surface area contributed by atoms with E-state index in [0.717, 1.165) is 5.56 Å². The summed E-state index contributed by atoms with van der Waals surface area (Å²) in [5.41, 5.74) is 1.04. The van der Waals surface area contributed by atoms with Crippen LogP contribution in [0.25, 0.3) is 0 Å². The standard InChI is InChI=1S/C10H12O2/c1-8(7-10(11)12)9-5-3-2-4-6-9/h2-6,8H,7H2,1H3,(H,11,12)/p-1/t8-/m1/s1. The van der Waals surface area contributed by atoms with Crippen LogP contribution in [0.2, 0.25) is 0 Å². The van der Waals surface area contributed by atoms with Crippen molar-refractivity contribution >= 4 is 5.97 Å². The van der Waals surface area contributed by atoms with E-state index in [4.69, 9.17) is 0 Å². The average molecular weight is 163 g/mol. The van der Waals surface area contributed by atoms with Gasteiger partial charge in [-0.1, -0.05) is 37.3 Å². The third-order valence-corrected chi connectivity index (χ3v) is 1.84. The number of rotatable bonds is 3. The zero-order valence-electron chi connectivity index (χ0n) is 6.99. The van der Waals surface area contributed by atoms with E-state index in [0.29, 0.717) is 0 Å². The second kappa shape index (κ2) is 3.90. The van der Waals surface area contributed by atoms with Gasteiger partial charge in [0.05, 0.1) is 0 Å². The summed E-state index contributed by atoms with van der Waals surface area (Å²) in [6.07, 6.45) is 0.0873. The summed E-state index contributed by atoms with van der Waals surface area (Å²) in [4.78, 5) is 10.3. The first kappa shape index (κ1) is 8.78. The molecular formula is C10H11O2-. The van der Waals surface area contributed by atoms with Gasteiger partial charge in [-0.05, 0) is 17.9 Å². The predicted octanol–water partition coefficient (Wildman–Crippen LogP) is 0.930. The molecule has 1 atom stereocenters. The normalized spacial score (nSPS) is 12.4. The van der Waals surface area contributed by atoms with Crippen molar-refractivity contribution < 1.29 is 9.90 Å². The number of hydrogen-bond donors (Lipinski definition) is 0. The Bertz CT molecular complexity index is 254. The van der Waals surface area contributed by atoms with Crippen LogP contribution in [-0.4, -0.2) is 5.97 Å². The molecule has 1 aromatic carbocycles. The summed E-state index contributed by atoms with van der Waals surface area (Å²) in [7, 11) is 0. The van der Waals surface area contributed by atoms with Crippen molar-refractivity contribution in [3.8, 4) is 0 Å². The van der Waals surface area contributed by atoms with Crippen molar-refractivity contribution in [2.45, 2.75) is 19.3 Å². The van der Waals surface area contributed by atoms with E-state index in [1.807, 2.05) is 37.3 Å². The van der Waals surface area contributed by atoms with Crippen molar-refractivity contribution in [3.63, 3.8) is 0 Å². The molecule has 0 aliphatic carbocycles. The highest BCUT2D eigenvalue weighted by atomic mass is 16.4. The molecule has 0 aromatic heterocycles. The summed E-state index contributed by atoms with van der Waals surface area (Å²) in [5.74, 6) is -0.956. The van der Waals surface area contributed by atoms with Gasteiger partial charge < -0.3 is 9.90 Å². The van der Waals surface area contributed by atoms with E-state index in [-0.39, 0.29) is 12.3 Å². The fourth-order valence-corrected chi connectivity index (χ4v) is 1.15. The van der Waals surface area contributed by atoms with E-state index in [1.165, 1.54) is 0 Å². The molecule has 12 heavy (non-hydrogen) atoms. The lowest BCUT2D eigenvalue weighted by Crippen LogP contribution is -2.23. The van der Waals surface area contributed by atoms with Gasteiger partial charge in [-0.25, -0.2) is 0 Å². The Balaban J connectivity index is 2.65. The third-order valence-electron chi connectivity index (χ3n) is 1.84. The minimum atomic E-state index is -0.994. The van der Waals surface area contributed by atoms with Crippen molar-refractivity contribution in [3.05, 3.63) is 35.9 Å². The molecule has 64 valence electrons. The summed E-state index contributed by atoms with van der Waals surface area (Å²) in [5, 5.41) is 10.3.